The third-order valence-electron chi connectivity index (χ3n) is 9.06. The molecule has 0 fully saturated rings. The van der Waals surface area contributed by atoms with Gasteiger partial charge in [0.2, 0.25) is 0 Å². The molecular formula is C42H76NO12P. The average molecular weight is 818 g/mol. The van der Waals surface area contributed by atoms with Crippen LogP contribution in [0.5, 0.6) is 0 Å². The highest BCUT2D eigenvalue weighted by Crippen LogP contribution is 2.43. The molecule has 0 saturated carbocycles. The molecule has 326 valence electrons. The molecule has 0 aliphatic rings. The lowest BCUT2D eigenvalue weighted by Gasteiger charge is -2.20. The Morgan fingerprint density at radius 1 is 0.625 bits per heavy atom. The molecule has 0 heterocycles. The second-order valence-electron chi connectivity index (χ2n) is 14.4. The number of unbranched alkanes of at least 4 members (excludes halogenated alkanes) is 15. The number of aliphatic hydroxyl groups excluding tert-OH is 2. The minimum absolute atomic E-state index is 0.113. The number of aliphatic carboxylic acids is 1. The van der Waals surface area contributed by atoms with Crippen LogP contribution in [-0.4, -0.2) is 82.3 Å². The number of rotatable bonds is 39. The van der Waals surface area contributed by atoms with Gasteiger partial charge in [0.05, 0.1) is 25.4 Å². The normalized spacial score (nSPS) is 15.2. The SMILES string of the molecule is CCCCC/C=C\C/C=C\CCCCCCCC(=O)O[C@H](COC(=O)CCCCCCC[C@@H](O)[C@H](O)C/C=C\CCCCC)COP(=O)(O)OC[C@H](N)C(=O)O. The number of carbonyl (C=O) groups excluding carboxylic acids is 2. The van der Waals surface area contributed by atoms with Crippen LogP contribution in [0.3, 0.4) is 0 Å². The summed E-state index contributed by atoms with van der Waals surface area (Å²) in [5.74, 6) is -2.53. The number of carboxylic acids is 1. The van der Waals surface area contributed by atoms with E-state index in [1.54, 1.807) is 0 Å². The molecule has 0 aromatic heterocycles. The monoisotopic (exact) mass is 818 g/mol. The maximum Gasteiger partial charge on any atom is 0.472 e. The highest BCUT2D eigenvalue weighted by Gasteiger charge is 2.28. The van der Waals surface area contributed by atoms with Gasteiger partial charge in [0.15, 0.2) is 6.10 Å². The number of ether oxygens (including phenoxy) is 2. The van der Waals surface area contributed by atoms with Crippen molar-refractivity contribution in [2.75, 3.05) is 19.8 Å². The van der Waals surface area contributed by atoms with E-state index in [4.69, 9.17) is 24.8 Å². The van der Waals surface area contributed by atoms with Gasteiger partial charge in [-0.15, -0.1) is 0 Å². The Balaban J connectivity index is 4.52. The zero-order chi connectivity index (χ0) is 41.7. The van der Waals surface area contributed by atoms with E-state index in [0.717, 1.165) is 89.9 Å². The highest BCUT2D eigenvalue weighted by atomic mass is 31.2. The first-order valence-electron chi connectivity index (χ1n) is 21.2. The van der Waals surface area contributed by atoms with Crippen LogP contribution in [-0.2, 0) is 37.5 Å². The number of allylic oxidation sites excluding steroid dienone is 5. The molecule has 0 saturated heterocycles. The van der Waals surface area contributed by atoms with Crippen molar-refractivity contribution >= 4 is 25.7 Å². The predicted octanol–water partition coefficient (Wildman–Crippen LogP) is 8.78. The Morgan fingerprint density at radius 2 is 1.12 bits per heavy atom. The fourth-order valence-electron chi connectivity index (χ4n) is 5.53. The minimum Gasteiger partial charge on any atom is -0.480 e. The van der Waals surface area contributed by atoms with Crippen LogP contribution in [0.4, 0.5) is 0 Å². The van der Waals surface area contributed by atoms with E-state index in [1.807, 2.05) is 6.08 Å². The zero-order valence-electron chi connectivity index (χ0n) is 34.4. The quantitative estimate of drug-likeness (QED) is 0.0170. The van der Waals surface area contributed by atoms with Crippen molar-refractivity contribution in [1.29, 1.82) is 0 Å². The van der Waals surface area contributed by atoms with Gasteiger partial charge in [-0.2, -0.15) is 0 Å². The molecule has 0 aromatic carbocycles. The number of nitrogens with two attached hydrogens (primary N) is 1. The molecule has 56 heavy (non-hydrogen) atoms. The molecule has 13 nitrogen and oxygen atoms in total. The number of carboxylic acid groups (broad SMARTS) is 1. The molecule has 0 amide bonds. The van der Waals surface area contributed by atoms with Gasteiger partial charge in [-0.3, -0.25) is 23.4 Å². The molecule has 0 rings (SSSR count). The van der Waals surface area contributed by atoms with Crippen molar-refractivity contribution in [2.45, 2.75) is 192 Å². The topological polar surface area (TPSA) is 212 Å². The summed E-state index contributed by atoms with van der Waals surface area (Å²) in [7, 11) is -4.75. The van der Waals surface area contributed by atoms with Crippen LogP contribution < -0.4 is 5.73 Å². The number of hydrogen-bond donors (Lipinski definition) is 5. The van der Waals surface area contributed by atoms with Crippen molar-refractivity contribution in [3.05, 3.63) is 36.5 Å². The molecule has 5 atom stereocenters. The zero-order valence-corrected chi connectivity index (χ0v) is 35.3. The average Bonchev–Trinajstić information content (AvgIpc) is 3.17. The molecule has 0 spiro atoms. The number of carbonyl (C=O) groups is 3. The van der Waals surface area contributed by atoms with E-state index >= 15 is 0 Å². The van der Waals surface area contributed by atoms with Crippen LogP contribution in [0.1, 0.15) is 168 Å². The Kier molecular flexibility index (Phi) is 35.4. The van der Waals surface area contributed by atoms with E-state index < -0.39 is 69.9 Å². The van der Waals surface area contributed by atoms with Gasteiger partial charge >= 0.3 is 25.7 Å². The minimum atomic E-state index is -4.75. The molecular weight excluding hydrogens is 741 g/mol. The van der Waals surface area contributed by atoms with Gasteiger partial charge in [-0.1, -0.05) is 121 Å². The van der Waals surface area contributed by atoms with E-state index in [9.17, 15) is 34.1 Å². The maximum atomic E-state index is 12.6. The summed E-state index contributed by atoms with van der Waals surface area (Å²) >= 11 is 0. The van der Waals surface area contributed by atoms with Crippen molar-refractivity contribution in [1.82, 2.24) is 0 Å². The van der Waals surface area contributed by atoms with Crippen LogP contribution in [0, 0.1) is 0 Å². The second-order valence-corrected chi connectivity index (χ2v) is 15.9. The van der Waals surface area contributed by atoms with Crippen LogP contribution in [0.15, 0.2) is 36.5 Å². The first kappa shape index (κ1) is 53.6. The van der Waals surface area contributed by atoms with E-state index in [-0.39, 0.29) is 12.8 Å². The number of esters is 2. The van der Waals surface area contributed by atoms with Crippen molar-refractivity contribution in [3.8, 4) is 0 Å². The lowest BCUT2D eigenvalue weighted by Crippen LogP contribution is -2.34. The van der Waals surface area contributed by atoms with Crippen LogP contribution >= 0.6 is 7.82 Å². The number of phosphoric acid groups is 1. The number of phosphoric ester groups is 1. The van der Waals surface area contributed by atoms with Crippen molar-refractivity contribution in [2.24, 2.45) is 5.73 Å². The summed E-state index contributed by atoms with van der Waals surface area (Å²) < 4.78 is 32.6. The first-order valence-corrected chi connectivity index (χ1v) is 22.7. The largest absolute Gasteiger partial charge is 0.480 e. The van der Waals surface area contributed by atoms with E-state index in [2.05, 4.69) is 48.8 Å². The lowest BCUT2D eigenvalue weighted by molar-refractivity contribution is -0.161. The summed E-state index contributed by atoms with van der Waals surface area (Å²) in [5, 5.41) is 29.3. The molecule has 1 unspecified atom stereocenters. The van der Waals surface area contributed by atoms with Gasteiger partial charge < -0.3 is 35.4 Å². The maximum absolute atomic E-state index is 12.6. The summed E-state index contributed by atoms with van der Waals surface area (Å²) in [4.78, 5) is 45.9. The summed E-state index contributed by atoms with van der Waals surface area (Å²) in [6.07, 6.45) is 30.9. The Morgan fingerprint density at radius 3 is 1.71 bits per heavy atom. The number of hydrogen-bond acceptors (Lipinski definition) is 11. The van der Waals surface area contributed by atoms with Crippen LogP contribution in [0.25, 0.3) is 0 Å². The van der Waals surface area contributed by atoms with Gasteiger partial charge in [0, 0.05) is 12.8 Å². The first-order chi connectivity index (χ1) is 26.9. The Hall–Kier alpha value is -2.38. The third-order valence-corrected chi connectivity index (χ3v) is 10.0. The number of aliphatic hydroxyl groups is 2. The second kappa shape index (κ2) is 36.9. The van der Waals surface area contributed by atoms with Gasteiger partial charge in [0.1, 0.15) is 12.6 Å². The molecule has 14 heteroatoms. The van der Waals surface area contributed by atoms with Gasteiger partial charge in [0.25, 0.3) is 0 Å². The summed E-state index contributed by atoms with van der Waals surface area (Å²) in [6.45, 7) is 2.54. The van der Waals surface area contributed by atoms with Crippen molar-refractivity contribution in [3.63, 3.8) is 0 Å². The van der Waals surface area contributed by atoms with E-state index in [1.165, 1.54) is 25.7 Å². The summed E-state index contributed by atoms with van der Waals surface area (Å²) in [5.41, 5.74) is 5.32. The molecule has 0 radical (unpaired) electrons. The third kappa shape index (κ3) is 34.8. The highest BCUT2D eigenvalue weighted by molar-refractivity contribution is 7.47. The molecule has 0 aliphatic heterocycles. The van der Waals surface area contributed by atoms with Gasteiger partial charge in [-0.25, -0.2) is 4.57 Å². The molecule has 6 N–H and O–H groups in total. The van der Waals surface area contributed by atoms with Crippen molar-refractivity contribution < 1.29 is 57.7 Å². The van der Waals surface area contributed by atoms with Gasteiger partial charge in [-0.05, 0) is 70.6 Å². The smallest absolute Gasteiger partial charge is 0.472 e. The fourth-order valence-corrected chi connectivity index (χ4v) is 6.31. The molecule has 0 aliphatic carbocycles. The van der Waals surface area contributed by atoms with E-state index in [0.29, 0.717) is 25.7 Å². The lowest BCUT2D eigenvalue weighted by atomic mass is 10.0. The Bertz CT molecular complexity index is 1130. The summed E-state index contributed by atoms with van der Waals surface area (Å²) in [6, 6.07) is -1.55. The molecule has 0 aromatic rings. The fraction of sp³-hybridized carbons (Fsp3) is 0.786. The molecule has 0 bridgehead atoms. The predicted molar refractivity (Wildman–Crippen MR) is 220 cm³/mol. The Labute approximate surface area is 337 Å². The van der Waals surface area contributed by atoms with Crippen LogP contribution in [0.2, 0.25) is 0 Å². The standard InChI is InChI=1S/C42H76NO12P/c1-3-5-7-9-11-12-13-14-15-16-17-18-19-23-28-32-41(47)55-36(34-53-56(50,51)54-35-37(43)42(48)49)33-52-40(46)31-27-24-20-22-26-30-39(45)38(44)29-25-21-10-8-6-4-2/h11-12,14-15,21,25,36-39,44-45H,3-10,13,16-20,22-24,26-35,43H2,1-2H3,(H,48,49)(H,50,51)/b12-11-,15-14-,25-21-/t36-,37+,38-,39-/m1/s1.